The smallest absolute Gasteiger partial charge is 0.111 e. The maximum atomic E-state index is 9.22. The Balaban J connectivity index is 2.26. The molecule has 0 bridgehead atoms. The maximum absolute atomic E-state index is 9.22. The SMILES string of the molecule is C=CC(=C)OC1CCC(O)CC1. The van der Waals surface area contributed by atoms with E-state index in [0.717, 1.165) is 25.7 Å². The molecule has 0 saturated heterocycles. The molecule has 0 aromatic rings. The third-order valence-electron chi connectivity index (χ3n) is 2.19. The fourth-order valence-corrected chi connectivity index (χ4v) is 1.43. The van der Waals surface area contributed by atoms with E-state index >= 15 is 0 Å². The molecule has 0 aliphatic heterocycles. The molecule has 1 N–H and O–H groups in total. The number of hydrogen-bond donors (Lipinski definition) is 1. The van der Waals surface area contributed by atoms with Crippen LogP contribution in [0, 0.1) is 0 Å². The zero-order valence-electron chi connectivity index (χ0n) is 7.33. The first-order valence-electron chi connectivity index (χ1n) is 4.38. The molecular formula is C10H16O2. The van der Waals surface area contributed by atoms with Crippen LogP contribution in [0.4, 0.5) is 0 Å². The number of ether oxygens (including phenoxy) is 1. The van der Waals surface area contributed by atoms with Gasteiger partial charge in [-0.3, -0.25) is 0 Å². The summed E-state index contributed by atoms with van der Waals surface area (Å²) in [6.07, 6.45) is 5.26. The van der Waals surface area contributed by atoms with Gasteiger partial charge in [-0.2, -0.15) is 0 Å². The van der Waals surface area contributed by atoms with Crippen molar-refractivity contribution in [3.63, 3.8) is 0 Å². The summed E-state index contributed by atoms with van der Waals surface area (Å²) in [5.41, 5.74) is 0. The summed E-state index contributed by atoms with van der Waals surface area (Å²) in [5.74, 6) is 0.636. The average Bonchev–Trinajstić information content (AvgIpc) is 2.09. The summed E-state index contributed by atoms with van der Waals surface area (Å²) < 4.78 is 5.47. The molecule has 0 aromatic carbocycles. The second-order valence-corrected chi connectivity index (χ2v) is 3.22. The first kappa shape index (κ1) is 9.33. The van der Waals surface area contributed by atoms with E-state index in [9.17, 15) is 5.11 Å². The molecule has 0 amide bonds. The molecule has 0 radical (unpaired) electrons. The minimum Gasteiger partial charge on any atom is -0.491 e. The van der Waals surface area contributed by atoms with Crippen molar-refractivity contribution in [2.45, 2.75) is 37.9 Å². The molecule has 1 saturated carbocycles. The zero-order chi connectivity index (χ0) is 8.97. The van der Waals surface area contributed by atoms with Gasteiger partial charge < -0.3 is 9.84 Å². The largest absolute Gasteiger partial charge is 0.491 e. The second-order valence-electron chi connectivity index (χ2n) is 3.22. The zero-order valence-corrected chi connectivity index (χ0v) is 7.33. The van der Waals surface area contributed by atoms with Gasteiger partial charge in [-0.05, 0) is 31.8 Å². The van der Waals surface area contributed by atoms with Crippen LogP contribution < -0.4 is 0 Å². The molecule has 0 aromatic heterocycles. The predicted octanol–water partition coefficient (Wildman–Crippen LogP) is 2.01. The molecule has 12 heavy (non-hydrogen) atoms. The van der Waals surface area contributed by atoms with Crippen LogP contribution in [-0.2, 0) is 4.74 Å². The summed E-state index contributed by atoms with van der Waals surface area (Å²) in [4.78, 5) is 0. The van der Waals surface area contributed by atoms with Crippen molar-refractivity contribution >= 4 is 0 Å². The van der Waals surface area contributed by atoms with E-state index in [1.165, 1.54) is 0 Å². The van der Waals surface area contributed by atoms with Crippen LogP contribution in [0.3, 0.4) is 0 Å². The summed E-state index contributed by atoms with van der Waals surface area (Å²) in [6.45, 7) is 7.25. The molecule has 0 spiro atoms. The lowest BCUT2D eigenvalue weighted by Gasteiger charge is -2.26. The number of hydrogen-bond acceptors (Lipinski definition) is 2. The highest BCUT2D eigenvalue weighted by Gasteiger charge is 2.20. The summed E-state index contributed by atoms with van der Waals surface area (Å²) >= 11 is 0. The fourth-order valence-electron chi connectivity index (χ4n) is 1.43. The molecule has 1 fully saturated rings. The Bertz CT molecular complexity index is 167. The highest BCUT2D eigenvalue weighted by atomic mass is 16.5. The third-order valence-corrected chi connectivity index (χ3v) is 2.19. The van der Waals surface area contributed by atoms with Gasteiger partial charge in [0.2, 0.25) is 0 Å². The average molecular weight is 168 g/mol. The first-order chi connectivity index (χ1) is 5.72. The minimum atomic E-state index is -0.123. The van der Waals surface area contributed by atoms with Gasteiger partial charge in [-0.15, -0.1) is 0 Å². The maximum Gasteiger partial charge on any atom is 0.111 e. The van der Waals surface area contributed by atoms with E-state index in [-0.39, 0.29) is 12.2 Å². The van der Waals surface area contributed by atoms with Gasteiger partial charge in [0.15, 0.2) is 0 Å². The van der Waals surface area contributed by atoms with Crippen molar-refractivity contribution in [1.29, 1.82) is 0 Å². The lowest BCUT2D eigenvalue weighted by molar-refractivity contribution is 0.0362. The molecule has 0 atom stereocenters. The number of allylic oxidation sites excluding steroid dienone is 1. The Morgan fingerprint density at radius 3 is 2.42 bits per heavy atom. The van der Waals surface area contributed by atoms with Crippen LogP contribution in [0.1, 0.15) is 25.7 Å². The van der Waals surface area contributed by atoms with Crippen molar-refractivity contribution in [2.24, 2.45) is 0 Å². The van der Waals surface area contributed by atoms with Gasteiger partial charge >= 0.3 is 0 Å². The Hall–Kier alpha value is -0.760. The van der Waals surface area contributed by atoms with Gasteiger partial charge in [-0.1, -0.05) is 13.2 Å². The quantitative estimate of drug-likeness (QED) is 0.516. The molecule has 1 aliphatic carbocycles. The van der Waals surface area contributed by atoms with Crippen molar-refractivity contribution in [2.75, 3.05) is 0 Å². The van der Waals surface area contributed by atoms with Crippen LogP contribution >= 0.6 is 0 Å². The van der Waals surface area contributed by atoms with Gasteiger partial charge in [-0.25, -0.2) is 0 Å². The van der Waals surface area contributed by atoms with Gasteiger partial charge in [0.05, 0.1) is 12.2 Å². The van der Waals surface area contributed by atoms with Crippen LogP contribution in [0.15, 0.2) is 25.0 Å². The van der Waals surface area contributed by atoms with E-state index in [4.69, 9.17) is 4.74 Å². The Morgan fingerprint density at radius 1 is 1.33 bits per heavy atom. The molecule has 0 heterocycles. The van der Waals surface area contributed by atoms with Crippen molar-refractivity contribution < 1.29 is 9.84 Å². The van der Waals surface area contributed by atoms with Crippen LogP contribution in [-0.4, -0.2) is 17.3 Å². The molecule has 68 valence electrons. The third kappa shape index (κ3) is 2.70. The van der Waals surface area contributed by atoms with Crippen LogP contribution in [0.5, 0.6) is 0 Å². The van der Waals surface area contributed by atoms with E-state index < -0.39 is 0 Å². The minimum absolute atomic E-state index is 0.123. The Labute approximate surface area is 73.5 Å². The highest BCUT2D eigenvalue weighted by molar-refractivity contribution is 5.02. The van der Waals surface area contributed by atoms with E-state index in [1.54, 1.807) is 6.08 Å². The molecule has 1 aliphatic rings. The molecule has 2 nitrogen and oxygen atoms in total. The second kappa shape index (κ2) is 4.31. The summed E-state index contributed by atoms with van der Waals surface area (Å²) in [7, 11) is 0. The fraction of sp³-hybridized carbons (Fsp3) is 0.600. The predicted molar refractivity (Wildman–Crippen MR) is 48.7 cm³/mol. The monoisotopic (exact) mass is 168 g/mol. The van der Waals surface area contributed by atoms with Crippen molar-refractivity contribution in [3.8, 4) is 0 Å². The Kier molecular flexibility index (Phi) is 3.35. The Morgan fingerprint density at radius 2 is 1.92 bits per heavy atom. The van der Waals surface area contributed by atoms with Crippen LogP contribution in [0.25, 0.3) is 0 Å². The van der Waals surface area contributed by atoms with E-state index in [1.807, 2.05) is 0 Å². The molecule has 1 rings (SSSR count). The van der Waals surface area contributed by atoms with Crippen molar-refractivity contribution in [3.05, 3.63) is 25.0 Å². The standard InChI is InChI=1S/C10H16O2/c1-3-8(2)12-10-6-4-9(11)5-7-10/h3,9-11H,1-2,4-7H2. The summed E-state index contributed by atoms with van der Waals surface area (Å²) in [6, 6.07) is 0. The summed E-state index contributed by atoms with van der Waals surface area (Å²) in [5, 5.41) is 9.22. The van der Waals surface area contributed by atoms with Gasteiger partial charge in [0.1, 0.15) is 5.76 Å². The lowest BCUT2D eigenvalue weighted by atomic mass is 9.95. The first-order valence-corrected chi connectivity index (χ1v) is 4.38. The lowest BCUT2D eigenvalue weighted by Crippen LogP contribution is -2.23. The van der Waals surface area contributed by atoms with Gasteiger partial charge in [0.25, 0.3) is 0 Å². The van der Waals surface area contributed by atoms with E-state index in [0.29, 0.717) is 5.76 Å². The number of aliphatic hydroxyl groups is 1. The number of aliphatic hydroxyl groups excluding tert-OH is 1. The van der Waals surface area contributed by atoms with Crippen LogP contribution in [0.2, 0.25) is 0 Å². The normalized spacial score (nSPS) is 29.4. The van der Waals surface area contributed by atoms with Crippen molar-refractivity contribution in [1.82, 2.24) is 0 Å². The highest BCUT2D eigenvalue weighted by Crippen LogP contribution is 2.22. The number of rotatable bonds is 3. The van der Waals surface area contributed by atoms with E-state index in [2.05, 4.69) is 13.2 Å². The molecular weight excluding hydrogens is 152 g/mol. The topological polar surface area (TPSA) is 29.5 Å². The van der Waals surface area contributed by atoms with Gasteiger partial charge in [0, 0.05) is 0 Å². The molecule has 0 unspecified atom stereocenters. The molecule has 2 heteroatoms.